The molecule has 0 unspecified atom stereocenters. The first kappa shape index (κ1) is 20.1. The molecule has 0 radical (unpaired) electrons. The van der Waals surface area contributed by atoms with E-state index in [4.69, 9.17) is 24.1 Å². The van der Waals surface area contributed by atoms with Gasteiger partial charge in [-0.2, -0.15) is 12.8 Å². The SMILES string of the molecule is CCCc1ccc(OC(C)C)c([CH]=[Ru]([Cl])[Cl])c1.[CH-]1CCCC1. The first-order valence-electron chi connectivity index (χ1n) is 7.97. The van der Waals surface area contributed by atoms with Crippen LogP contribution < -0.4 is 4.74 Å². The Hall–Kier alpha value is 0.0934. The van der Waals surface area contributed by atoms with Crippen LogP contribution in [0.1, 0.15) is 64.0 Å². The van der Waals surface area contributed by atoms with Crippen molar-refractivity contribution < 1.29 is 18.3 Å². The molecule has 0 saturated heterocycles. The maximum Gasteiger partial charge on any atom is -0.0829 e. The zero-order chi connectivity index (χ0) is 16.4. The number of ether oxygens (including phenoxy) is 1. The van der Waals surface area contributed by atoms with Crippen molar-refractivity contribution in [3.8, 4) is 5.75 Å². The predicted octanol–water partition coefficient (Wildman–Crippen LogP) is 6.27. The van der Waals surface area contributed by atoms with Crippen LogP contribution in [-0.2, 0) is 19.9 Å². The van der Waals surface area contributed by atoms with E-state index in [9.17, 15) is 0 Å². The zero-order valence-electron chi connectivity index (χ0n) is 13.7. The Morgan fingerprint density at radius 2 is 1.95 bits per heavy atom. The van der Waals surface area contributed by atoms with E-state index >= 15 is 0 Å². The predicted molar refractivity (Wildman–Crippen MR) is 95.8 cm³/mol. The number of hydrogen-bond acceptors (Lipinski definition) is 1. The van der Waals surface area contributed by atoms with Crippen LogP contribution in [0.5, 0.6) is 5.75 Å². The summed E-state index contributed by atoms with van der Waals surface area (Å²) in [6.45, 7) is 6.20. The number of benzene rings is 1. The molecule has 1 fully saturated rings. The molecule has 0 amide bonds. The average Bonchev–Trinajstić information content (AvgIpc) is 3.00. The van der Waals surface area contributed by atoms with Crippen LogP contribution in [0.4, 0.5) is 0 Å². The summed E-state index contributed by atoms with van der Waals surface area (Å²) < 4.78 is 7.70. The van der Waals surface area contributed by atoms with Gasteiger partial charge in [-0.3, -0.25) is 0 Å². The quantitative estimate of drug-likeness (QED) is 0.395. The first-order chi connectivity index (χ1) is 10.5. The largest absolute Gasteiger partial charge is 0.328 e. The van der Waals surface area contributed by atoms with E-state index in [-0.39, 0.29) is 6.10 Å². The third-order valence-corrected chi connectivity index (χ3v) is 5.06. The van der Waals surface area contributed by atoms with Crippen molar-refractivity contribution in [2.24, 2.45) is 0 Å². The zero-order valence-corrected chi connectivity index (χ0v) is 17.0. The molecular weight excluding hydrogens is 404 g/mol. The molecule has 1 aliphatic rings. The third-order valence-electron chi connectivity index (χ3n) is 3.23. The van der Waals surface area contributed by atoms with Gasteiger partial charge in [-0.05, 0) is 0 Å². The molecule has 22 heavy (non-hydrogen) atoms. The first-order valence-corrected chi connectivity index (χ1v) is 13.4. The van der Waals surface area contributed by atoms with Gasteiger partial charge in [-0.15, -0.1) is 0 Å². The van der Waals surface area contributed by atoms with Crippen LogP contribution in [0.25, 0.3) is 0 Å². The number of hydrogen-bond donors (Lipinski definition) is 0. The molecular formula is C18H27Cl2ORu-. The summed E-state index contributed by atoms with van der Waals surface area (Å²) in [7, 11) is 11.9. The van der Waals surface area contributed by atoms with E-state index in [0.717, 1.165) is 24.2 Å². The molecule has 128 valence electrons. The summed E-state index contributed by atoms with van der Waals surface area (Å²) in [6, 6.07) is 6.26. The van der Waals surface area contributed by atoms with Gasteiger partial charge in [-0.1, -0.05) is 12.8 Å². The third kappa shape index (κ3) is 8.65. The second-order valence-electron chi connectivity index (χ2n) is 5.67. The maximum absolute atomic E-state index is 5.95. The van der Waals surface area contributed by atoms with Crippen LogP contribution in [-0.4, -0.2) is 10.7 Å². The molecule has 1 aliphatic carbocycles. The summed E-state index contributed by atoms with van der Waals surface area (Å²) >= 11 is -1.81. The molecule has 1 nitrogen and oxygen atoms in total. The fraction of sp³-hybridized carbons (Fsp3) is 0.556. The molecule has 1 aromatic carbocycles. The van der Waals surface area contributed by atoms with Crippen LogP contribution >= 0.6 is 19.4 Å². The second-order valence-corrected chi connectivity index (χ2v) is 11.4. The second kappa shape index (κ2) is 11.6. The smallest absolute Gasteiger partial charge is 0.0829 e. The van der Waals surface area contributed by atoms with E-state index in [1.807, 2.05) is 24.5 Å². The molecule has 1 saturated carbocycles. The minimum Gasteiger partial charge on any atom is -0.328 e. The normalized spacial score (nSPS) is 14.4. The number of halogens is 2. The van der Waals surface area contributed by atoms with E-state index in [0.29, 0.717) is 0 Å². The average molecular weight is 431 g/mol. The van der Waals surface area contributed by atoms with Crippen molar-refractivity contribution >= 4 is 24.0 Å². The van der Waals surface area contributed by atoms with Gasteiger partial charge in [0.2, 0.25) is 0 Å². The van der Waals surface area contributed by atoms with E-state index in [1.165, 1.54) is 31.2 Å². The van der Waals surface area contributed by atoms with Crippen LogP contribution in [0, 0.1) is 6.42 Å². The Morgan fingerprint density at radius 3 is 2.41 bits per heavy atom. The summed E-state index contributed by atoms with van der Waals surface area (Å²) in [4.78, 5) is 0. The Balaban J connectivity index is 0.000000406. The van der Waals surface area contributed by atoms with Gasteiger partial charge in [0.1, 0.15) is 0 Å². The minimum atomic E-state index is -1.81. The van der Waals surface area contributed by atoms with Crippen molar-refractivity contribution in [3.63, 3.8) is 0 Å². The Bertz CT molecular complexity index is 457. The molecule has 0 aliphatic heterocycles. The van der Waals surface area contributed by atoms with Crippen LogP contribution in [0.3, 0.4) is 0 Å². The molecule has 0 N–H and O–H groups in total. The van der Waals surface area contributed by atoms with Gasteiger partial charge in [0.05, 0.1) is 0 Å². The summed E-state index contributed by atoms with van der Waals surface area (Å²) in [6.07, 6.45) is 10.4. The van der Waals surface area contributed by atoms with Gasteiger partial charge in [0.25, 0.3) is 0 Å². The minimum absolute atomic E-state index is 0.158. The van der Waals surface area contributed by atoms with Gasteiger partial charge in [-0.25, -0.2) is 0 Å². The monoisotopic (exact) mass is 431 g/mol. The molecule has 0 aromatic heterocycles. The standard InChI is InChI=1S/C13H18O.C5H9.2ClH.Ru/c1-5-6-12-7-8-13(11(4)9-12)14-10(2)3;1-2-4-5-3-1;;;/h4,7-10H,5-6H2,1-3H3;1H,2-5H2;2*1H;/q;-1;;;+2/p-2. The summed E-state index contributed by atoms with van der Waals surface area (Å²) in [5, 5.41) is 0. The van der Waals surface area contributed by atoms with Crippen molar-refractivity contribution in [2.75, 3.05) is 0 Å². The Morgan fingerprint density at radius 1 is 1.27 bits per heavy atom. The van der Waals surface area contributed by atoms with Crippen molar-refractivity contribution in [1.82, 2.24) is 0 Å². The molecule has 1 aromatic rings. The topological polar surface area (TPSA) is 9.23 Å². The fourth-order valence-electron chi connectivity index (χ4n) is 2.29. The Labute approximate surface area is 148 Å². The van der Waals surface area contributed by atoms with Crippen molar-refractivity contribution in [3.05, 3.63) is 35.7 Å². The fourth-order valence-corrected chi connectivity index (χ4v) is 4.07. The summed E-state index contributed by atoms with van der Waals surface area (Å²) in [5.74, 6) is 0.875. The number of aryl methyl sites for hydroxylation is 1. The van der Waals surface area contributed by atoms with Crippen molar-refractivity contribution in [1.29, 1.82) is 0 Å². The van der Waals surface area contributed by atoms with Gasteiger partial charge >= 0.3 is 117 Å². The number of rotatable bonds is 5. The van der Waals surface area contributed by atoms with Gasteiger partial charge in [0, 0.05) is 0 Å². The molecule has 0 bridgehead atoms. The molecule has 2 rings (SSSR count). The Kier molecular flexibility index (Phi) is 10.6. The van der Waals surface area contributed by atoms with E-state index in [2.05, 4.69) is 25.5 Å². The molecule has 4 heteroatoms. The van der Waals surface area contributed by atoms with Crippen molar-refractivity contribution in [2.45, 2.75) is 65.4 Å². The van der Waals surface area contributed by atoms with E-state index in [1.54, 1.807) is 0 Å². The van der Waals surface area contributed by atoms with Crippen LogP contribution in [0.15, 0.2) is 18.2 Å². The van der Waals surface area contributed by atoms with E-state index < -0.39 is 13.5 Å². The van der Waals surface area contributed by atoms with Gasteiger partial charge < -0.3 is 6.42 Å². The van der Waals surface area contributed by atoms with Gasteiger partial charge in [0.15, 0.2) is 0 Å². The molecule has 0 spiro atoms. The molecule has 0 heterocycles. The maximum atomic E-state index is 5.95. The summed E-state index contributed by atoms with van der Waals surface area (Å²) in [5.41, 5.74) is 2.34. The molecule has 0 atom stereocenters. The van der Waals surface area contributed by atoms with Crippen LogP contribution in [0.2, 0.25) is 0 Å².